The lowest BCUT2D eigenvalue weighted by molar-refractivity contribution is 0.240. The molecule has 0 spiro atoms. The monoisotopic (exact) mass is 652 g/mol. The van der Waals surface area contributed by atoms with Gasteiger partial charge in [-0.2, -0.15) is 10.4 Å². The van der Waals surface area contributed by atoms with Gasteiger partial charge in [-0.3, -0.25) is 14.1 Å². The second-order valence-corrected chi connectivity index (χ2v) is 12.4. The minimum atomic E-state index is -0.206. The van der Waals surface area contributed by atoms with Crippen LogP contribution in [0.25, 0.3) is 33.4 Å². The van der Waals surface area contributed by atoms with Gasteiger partial charge in [-0.15, -0.1) is 0 Å². The lowest BCUT2D eigenvalue weighted by Crippen LogP contribution is -2.48. The zero-order chi connectivity index (χ0) is 33.9. The third-order valence-corrected chi connectivity index (χ3v) is 9.17. The van der Waals surface area contributed by atoms with Crippen molar-refractivity contribution in [2.75, 3.05) is 10.2 Å². The number of hydrogen-bond donors (Lipinski definition) is 3. The second-order valence-electron chi connectivity index (χ2n) is 12.4. The maximum atomic E-state index is 13.8. The van der Waals surface area contributed by atoms with Crippen LogP contribution in [-0.4, -0.2) is 47.4 Å². The van der Waals surface area contributed by atoms with Gasteiger partial charge in [0.1, 0.15) is 6.07 Å². The van der Waals surface area contributed by atoms with Gasteiger partial charge in [0.25, 0.3) is 0 Å². The van der Waals surface area contributed by atoms with Gasteiger partial charge >= 0.3 is 11.7 Å². The molecule has 1 aliphatic rings. The zero-order valence-electron chi connectivity index (χ0n) is 27.3. The van der Waals surface area contributed by atoms with E-state index in [0.717, 1.165) is 53.6 Å². The average molecular weight is 653 g/mol. The molecule has 3 aromatic heterocycles. The molecule has 0 saturated heterocycles. The van der Waals surface area contributed by atoms with Crippen LogP contribution in [0.4, 0.5) is 16.4 Å². The molecule has 1 aliphatic carbocycles. The zero-order valence-corrected chi connectivity index (χ0v) is 27.3. The quantitative estimate of drug-likeness (QED) is 0.190. The molecule has 2 amide bonds. The largest absolute Gasteiger partial charge is 0.351 e. The summed E-state index contributed by atoms with van der Waals surface area (Å²) in [7, 11) is 3.60. The van der Waals surface area contributed by atoms with Crippen molar-refractivity contribution in [1.82, 2.24) is 34.6 Å². The Morgan fingerprint density at radius 3 is 2.45 bits per heavy atom. The molecule has 1 fully saturated rings. The molecule has 7 rings (SSSR count). The number of aryl methyl sites for hydroxylation is 2. The summed E-state index contributed by atoms with van der Waals surface area (Å²) in [5.74, 6) is 0.433. The minimum absolute atomic E-state index is 0.00438. The van der Waals surface area contributed by atoms with E-state index in [2.05, 4.69) is 31.8 Å². The Kier molecular flexibility index (Phi) is 8.64. The summed E-state index contributed by atoms with van der Waals surface area (Å²) in [5.41, 5.74) is 6.72. The van der Waals surface area contributed by atoms with Gasteiger partial charge in [-0.1, -0.05) is 48.5 Å². The number of benzene rings is 3. The fraction of sp³-hybridized carbons (Fsp3) is 0.243. The van der Waals surface area contributed by atoms with Crippen LogP contribution >= 0.6 is 0 Å². The normalized spacial score (nSPS) is 15.9. The number of anilines is 2. The first-order chi connectivity index (χ1) is 23.9. The molecular formula is C37H36N10O2. The third-order valence-electron chi connectivity index (χ3n) is 9.17. The first-order valence-electron chi connectivity index (χ1n) is 16.3. The molecule has 1 saturated carbocycles. The van der Waals surface area contributed by atoms with E-state index in [0.29, 0.717) is 34.8 Å². The molecule has 49 heavy (non-hydrogen) atoms. The number of carbonyl (C=O) groups is 1. The van der Waals surface area contributed by atoms with Crippen LogP contribution in [-0.2, 0) is 20.6 Å². The second kappa shape index (κ2) is 13.5. The summed E-state index contributed by atoms with van der Waals surface area (Å²) in [6.07, 6.45) is 8.50. The lowest BCUT2D eigenvalue weighted by Gasteiger charge is -2.37. The molecular weight excluding hydrogens is 616 g/mol. The number of nitriles is 1. The molecule has 0 radical (unpaired) electrons. The first kappa shape index (κ1) is 31.4. The number of fused-ring (bicyclic) bond motifs is 1. The molecule has 246 valence electrons. The minimum Gasteiger partial charge on any atom is -0.351 e. The number of nitrogens with one attached hydrogen (secondary N) is 3. The summed E-state index contributed by atoms with van der Waals surface area (Å²) in [6, 6.07) is 25.6. The van der Waals surface area contributed by atoms with Gasteiger partial charge < -0.3 is 15.6 Å². The van der Waals surface area contributed by atoms with Gasteiger partial charge in [0.15, 0.2) is 0 Å². The van der Waals surface area contributed by atoms with Crippen molar-refractivity contribution in [2.24, 2.45) is 14.1 Å². The average Bonchev–Trinajstić information content (AvgIpc) is 3.70. The van der Waals surface area contributed by atoms with E-state index in [-0.39, 0.29) is 23.8 Å². The number of urea groups is 1. The number of aromatic nitrogens is 6. The van der Waals surface area contributed by atoms with Crippen molar-refractivity contribution in [3.05, 3.63) is 113 Å². The molecule has 3 aromatic carbocycles. The Labute approximate surface area is 283 Å². The van der Waals surface area contributed by atoms with Crippen LogP contribution in [0, 0.1) is 11.3 Å². The van der Waals surface area contributed by atoms with Gasteiger partial charge in [0.05, 0.1) is 34.7 Å². The van der Waals surface area contributed by atoms with E-state index >= 15 is 0 Å². The molecule has 12 heteroatoms. The molecule has 0 aliphatic heterocycles. The Morgan fingerprint density at radius 2 is 1.73 bits per heavy atom. The maximum Gasteiger partial charge on any atom is 0.326 e. The number of hydrogen-bond acceptors (Lipinski definition) is 7. The molecule has 3 N–H and O–H groups in total. The highest BCUT2D eigenvalue weighted by molar-refractivity contribution is 5.93. The summed E-state index contributed by atoms with van der Waals surface area (Å²) >= 11 is 0. The molecule has 6 aromatic rings. The molecule has 12 nitrogen and oxygen atoms in total. The Morgan fingerprint density at radius 1 is 0.980 bits per heavy atom. The van der Waals surface area contributed by atoms with Gasteiger partial charge in [0.2, 0.25) is 5.95 Å². The highest BCUT2D eigenvalue weighted by atomic mass is 16.2. The first-order valence-corrected chi connectivity index (χ1v) is 16.3. The fourth-order valence-electron chi connectivity index (χ4n) is 6.54. The number of carbonyl (C=O) groups excluding carboxylic acids is 1. The van der Waals surface area contributed by atoms with Crippen LogP contribution in [0.15, 0.2) is 96.2 Å². The summed E-state index contributed by atoms with van der Waals surface area (Å²) in [5, 5.41) is 20.7. The highest BCUT2D eigenvalue weighted by Gasteiger charge is 2.30. The summed E-state index contributed by atoms with van der Waals surface area (Å²) in [6.45, 7) is 0.437. The van der Waals surface area contributed by atoms with E-state index in [1.54, 1.807) is 16.3 Å². The standard InChI is InChI=1S/C37H36N10O2/c1-45-23-28(22-41-45)25-8-13-30(14-9-25)47(36(48)40-20-24-6-4-3-5-7-24)31-15-11-29(12-16-31)42-35-39-21-27(19-38)34(44-35)26-10-17-33-32(18-26)43-37(49)46(33)2/h3-10,13-14,17-18,21-23,29,31H,11-12,15-16,20H2,1-2H3,(H,40,48)(H,43,49)(H,39,42,44)/t29-,31-. The lowest BCUT2D eigenvalue weighted by atomic mass is 9.90. The molecule has 3 heterocycles. The van der Waals surface area contributed by atoms with E-state index in [9.17, 15) is 14.9 Å². The van der Waals surface area contributed by atoms with Crippen LogP contribution in [0.5, 0.6) is 0 Å². The van der Waals surface area contributed by atoms with Gasteiger partial charge in [-0.25, -0.2) is 19.6 Å². The number of rotatable bonds is 8. The molecule has 0 bridgehead atoms. The van der Waals surface area contributed by atoms with Crippen LogP contribution in [0.2, 0.25) is 0 Å². The van der Waals surface area contributed by atoms with E-state index in [4.69, 9.17) is 4.98 Å². The van der Waals surface area contributed by atoms with Gasteiger partial charge in [-0.05, 0) is 61.1 Å². The number of aromatic amines is 1. The van der Waals surface area contributed by atoms with Crippen LogP contribution in [0.1, 0.15) is 36.8 Å². The number of nitrogens with zero attached hydrogens (tertiary/aromatic N) is 7. The third kappa shape index (κ3) is 6.64. The maximum absolute atomic E-state index is 13.8. The van der Waals surface area contributed by atoms with Crippen molar-refractivity contribution < 1.29 is 4.79 Å². The number of amides is 2. The number of imidazole rings is 1. The fourth-order valence-corrected chi connectivity index (χ4v) is 6.54. The highest BCUT2D eigenvalue weighted by Crippen LogP contribution is 2.32. The van der Waals surface area contributed by atoms with Crippen LogP contribution in [0.3, 0.4) is 0 Å². The van der Waals surface area contributed by atoms with Gasteiger partial charge in [0, 0.05) is 55.7 Å². The van der Waals surface area contributed by atoms with Crippen molar-refractivity contribution in [1.29, 1.82) is 5.26 Å². The van der Waals surface area contributed by atoms with Crippen molar-refractivity contribution in [3.63, 3.8) is 0 Å². The smallest absolute Gasteiger partial charge is 0.326 e. The predicted octanol–water partition coefficient (Wildman–Crippen LogP) is 5.74. The number of H-pyrrole nitrogens is 1. The Bertz CT molecular complexity index is 2200. The Hall–Kier alpha value is -6.22. The van der Waals surface area contributed by atoms with Crippen molar-refractivity contribution in [3.8, 4) is 28.5 Å². The molecule has 0 atom stereocenters. The van der Waals surface area contributed by atoms with Crippen LogP contribution < -0.4 is 21.2 Å². The molecule has 0 unspecified atom stereocenters. The van der Waals surface area contributed by atoms with E-state index in [1.807, 2.05) is 97.1 Å². The van der Waals surface area contributed by atoms with Crippen molar-refractivity contribution >= 4 is 28.7 Å². The van der Waals surface area contributed by atoms with E-state index in [1.165, 1.54) is 6.20 Å². The Balaban J connectivity index is 1.07. The topological polar surface area (TPSA) is 150 Å². The summed E-state index contributed by atoms with van der Waals surface area (Å²) < 4.78 is 3.31. The summed E-state index contributed by atoms with van der Waals surface area (Å²) in [4.78, 5) is 39.8. The van der Waals surface area contributed by atoms with Crippen molar-refractivity contribution in [2.45, 2.75) is 44.3 Å². The predicted molar refractivity (Wildman–Crippen MR) is 189 cm³/mol. The van der Waals surface area contributed by atoms with E-state index < -0.39 is 0 Å². The SMILES string of the molecule is Cn1cc(-c2ccc(N(C(=O)NCc3ccccc3)[C@H]3CC[C@H](Nc4ncc(C#N)c(-c5ccc6c(c5)[nH]c(=O)n6C)n4)CC3)cc2)cn1.